The van der Waals surface area contributed by atoms with E-state index in [1.165, 1.54) is 28.6 Å². The number of quaternary nitrogens is 1. The van der Waals surface area contributed by atoms with E-state index in [0.29, 0.717) is 44.2 Å². The van der Waals surface area contributed by atoms with Crippen LogP contribution < -0.4 is 10.2 Å². The highest BCUT2D eigenvalue weighted by Gasteiger charge is 2.31. The minimum Gasteiger partial charge on any atom is -0.462 e. The van der Waals surface area contributed by atoms with Crippen LogP contribution in [0.1, 0.15) is 38.1 Å². The molecule has 1 fully saturated rings. The number of carbonyl (C=O) groups is 2. The first-order valence-corrected chi connectivity index (χ1v) is 11.5. The quantitative estimate of drug-likeness (QED) is 0.567. The lowest BCUT2D eigenvalue weighted by atomic mass is 10.1. The zero-order chi connectivity index (χ0) is 21.6. The van der Waals surface area contributed by atoms with E-state index in [0.717, 1.165) is 4.90 Å². The first-order valence-electron chi connectivity index (χ1n) is 10.1. The van der Waals surface area contributed by atoms with Crippen LogP contribution in [0.4, 0.5) is 0 Å². The number of hydrogen-bond acceptors (Lipinski definition) is 5. The van der Waals surface area contributed by atoms with Gasteiger partial charge in [-0.1, -0.05) is 13.8 Å². The van der Waals surface area contributed by atoms with Crippen molar-refractivity contribution in [1.82, 2.24) is 9.62 Å². The molecule has 1 atom stereocenters. The minimum atomic E-state index is -3.63. The maximum Gasteiger partial charge on any atom is 0.338 e. The molecule has 0 unspecified atom stereocenters. The molecule has 8 nitrogen and oxygen atoms in total. The Bertz CT molecular complexity index is 800. The second kappa shape index (κ2) is 10.2. The van der Waals surface area contributed by atoms with Crippen molar-refractivity contribution in [3.8, 4) is 0 Å². The maximum absolute atomic E-state index is 12.9. The van der Waals surface area contributed by atoms with Gasteiger partial charge in [-0.3, -0.25) is 4.79 Å². The number of nitrogens with one attached hydrogen (secondary N) is 2. The number of esters is 1. The smallest absolute Gasteiger partial charge is 0.338 e. The maximum atomic E-state index is 12.9. The van der Waals surface area contributed by atoms with E-state index < -0.39 is 16.0 Å². The third kappa shape index (κ3) is 6.25. The normalized spacial score (nSPS) is 17.1. The first-order chi connectivity index (χ1) is 13.6. The Morgan fingerprint density at radius 1 is 1.14 bits per heavy atom. The highest BCUT2D eigenvalue weighted by atomic mass is 32.2. The Balaban J connectivity index is 1.92. The van der Waals surface area contributed by atoms with Gasteiger partial charge in [0.15, 0.2) is 6.54 Å². The molecule has 2 N–H and O–H groups in total. The van der Waals surface area contributed by atoms with E-state index in [-0.39, 0.29) is 23.5 Å². The van der Waals surface area contributed by atoms with Gasteiger partial charge in [0.25, 0.3) is 5.91 Å². The molecule has 1 aromatic rings. The molecule has 29 heavy (non-hydrogen) atoms. The number of sulfonamides is 1. The summed E-state index contributed by atoms with van der Waals surface area (Å²) in [6.07, 6.45) is 0. The molecule has 1 saturated heterocycles. The average molecular weight is 427 g/mol. The second-order valence-corrected chi connectivity index (χ2v) is 9.61. The number of ether oxygens (including phenoxy) is 1. The van der Waals surface area contributed by atoms with Crippen LogP contribution in [-0.2, 0) is 19.6 Å². The zero-order valence-electron chi connectivity index (χ0n) is 17.6. The Morgan fingerprint density at radius 2 is 1.72 bits per heavy atom. The molecule has 2 rings (SSSR count). The van der Waals surface area contributed by atoms with E-state index in [4.69, 9.17) is 4.74 Å². The van der Waals surface area contributed by atoms with Crippen LogP contribution in [-0.4, -0.2) is 70.0 Å². The highest BCUT2D eigenvalue weighted by molar-refractivity contribution is 7.89. The Labute approximate surface area is 173 Å². The summed E-state index contributed by atoms with van der Waals surface area (Å²) in [7, 11) is -3.63. The average Bonchev–Trinajstić information content (AvgIpc) is 2.68. The van der Waals surface area contributed by atoms with Gasteiger partial charge in [-0.05, 0) is 44.0 Å². The Hall–Kier alpha value is -1.97. The molecular weight excluding hydrogens is 394 g/mol. The summed E-state index contributed by atoms with van der Waals surface area (Å²) in [6, 6.07) is 5.91. The largest absolute Gasteiger partial charge is 0.462 e. The minimum absolute atomic E-state index is 0.00735. The van der Waals surface area contributed by atoms with Crippen LogP contribution in [0.25, 0.3) is 0 Å². The number of benzene rings is 1. The molecule has 9 heteroatoms. The summed E-state index contributed by atoms with van der Waals surface area (Å²) in [4.78, 5) is 25.1. The third-order valence-corrected chi connectivity index (χ3v) is 7.14. The van der Waals surface area contributed by atoms with Crippen molar-refractivity contribution in [3.63, 3.8) is 0 Å². The van der Waals surface area contributed by atoms with Crippen LogP contribution in [0.5, 0.6) is 0 Å². The van der Waals surface area contributed by atoms with Crippen LogP contribution in [0.3, 0.4) is 0 Å². The number of carbonyl (C=O) groups excluding carboxylic acids is 2. The fraction of sp³-hybridized carbons (Fsp3) is 0.600. The summed E-state index contributed by atoms with van der Waals surface area (Å²) in [5, 5.41) is 2.99. The second-order valence-electron chi connectivity index (χ2n) is 7.68. The predicted octanol–water partition coefficient (Wildman–Crippen LogP) is -0.0868. The summed E-state index contributed by atoms with van der Waals surface area (Å²) in [5.41, 5.74) is 0.321. The molecule has 0 spiro atoms. The van der Waals surface area contributed by atoms with Crippen LogP contribution in [0, 0.1) is 5.92 Å². The van der Waals surface area contributed by atoms with E-state index >= 15 is 0 Å². The van der Waals surface area contributed by atoms with E-state index in [2.05, 4.69) is 19.2 Å². The van der Waals surface area contributed by atoms with Gasteiger partial charge in [-0.2, -0.15) is 4.31 Å². The van der Waals surface area contributed by atoms with Crippen molar-refractivity contribution >= 4 is 21.9 Å². The Kier molecular flexibility index (Phi) is 8.18. The molecule has 0 aliphatic carbocycles. The SMILES string of the molecule is CCOC(=O)c1ccc(S(=O)(=O)N2CC[NH+](CC(=O)N[C@H](C)C(C)C)CC2)cc1. The lowest BCUT2D eigenvalue weighted by Crippen LogP contribution is -3.15. The van der Waals surface area contributed by atoms with Crippen molar-refractivity contribution in [2.45, 2.75) is 38.6 Å². The van der Waals surface area contributed by atoms with Crippen molar-refractivity contribution in [3.05, 3.63) is 29.8 Å². The van der Waals surface area contributed by atoms with Gasteiger partial charge in [0, 0.05) is 6.04 Å². The third-order valence-electron chi connectivity index (χ3n) is 5.23. The molecule has 1 amide bonds. The summed E-state index contributed by atoms with van der Waals surface area (Å²) >= 11 is 0. The standard InChI is InChI=1S/C20H31N3O5S/c1-5-28-20(25)17-6-8-18(9-7-17)29(26,27)23-12-10-22(11-13-23)14-19(24)21-16(4)15(2)3/h6-9,15-16H,5,10-14H2,1-4H3,(H,21,24)/p+1/t16-/m1/s1. The fourth-order valence-corrected chi connectivity index (χ4v) is 4.49. The van der Waals surface area contributed by atoms with E-state index in [9.17, 15) is 18.0 Å². The summed E-state index contributed by atoms with van der Waals surface area (Å²) < 4.78 is 32.1. The molecule has 0 bridgehead atoms. The number of piperazine rings is 1. The monoisotopic (exact) mass is 426 g/mol. The number of nitrogens with zero attached hydrogens (tertiary/aromatic N) is 1. The van der Waals surface area contributed by atoms with Gasteiger partial charge in [0.1, 0.15) is 0 Å². The number of rotatable bonds is 8. The summed E-state index contributed by atoms with van der Waals surface area (Å²) in [5.74, 6) is -0.114. The topological polar surface area (TPSA) is 97.2 Å². The number of hydrogen-bond donors (Lipinski definition) is 2. The van der Waals surface area contributed by atoms with E-state index in [1.807, 2.05) is 6.92 Å². The molecule has 1 aliphatic heterocycles. The van der Waals surface area contributed by atoms with Crippen LogP contribution >= 0.6 is 0 Å². The number of amides is 1. The zero-order valence-corrected chi connectivity index (χ0v) is 18.4. The lowest BCUT2D eigenvalue weighted by molar-refractivity contribution is -0.895. The van der Waals surface area contributed by atoms with Crippen LogP contribution in [0.2, 0.25) is 0 Å². The van der Waals surface area contributed by atoms with Crippen molar-refractivity contribution < 1.29 is 27.6 Å². The predicted molar refractivity (Wildman–Crippen MR) is 109 cm³/mol. The molecule has 0 radical (unpaired) electrons. The van der Waals surface area contributed by atoms with Gasteiger partial charge in [-0.25, -0.2) is 13.2 Å². The molecule has 0 aromatic heterocycles. The summed E-state index contributed by atoms with van der Waals surface area (Å²) in [6.45, 7) is 10.3. The van der Waals surface area contributed by atoms with Crippen molar-refractivity contribution in [2.24, 2.45) is 5.92 Å². The molecule has 1 aliphatic rings. The van der Waals surface area contributed by atoms with Gasteiger partial charge < -0.3 is 15.0 Å². The van der Waals surface area contributed by atoms with Crippen LogP contribution in [0.15, 0.2) is 29.2 Å². The molecule has 1 heterocycles. The van der Waals surface area contributed by atoms with E-state index in [1.54, 1.807) is 6.92 Å². The van der Waals surface area contributed by atoms with Gasteiger partial charge in [0.05, 0.1) is 43.2 Å². The molecule has 162 valence electrons. The fourth-order valence-electron chi connectivity index (χ4n) is 3.04. The molecular formula is C20H32N3O5S+. The van der Waals surface area contributed by atoms with Gasteiger partial charge in [0.2, 0.25) is 10.0 Å². The molecule has 0 saturated carbocycles. The van der Waals surface area contributed by atoms with Gasteiger partial charge >= 0.3 is 5.97 Å². The van der Waals surface area contributed by atoms with Crippen molar-refractivity contribution in [1.29, 1.82) is 0 Å². The van der Waals surface area contributed by atoms with Crippen molar-refractivity contribution in [2.75, 3.05) is 39.3 Å². The van der Waals surface area contributed by atoms with Gasteiger partial charge in [-0.15, -0.1) is 0 Å². The highest BCUT2D eigenvalue weighted by Crippen LogP contribution is 2.17. The Morgan fingerprint density at radius 3 is 2.24 bits per heavy atom. The lowest BCUT2D eigenvalue weighted by Gasteiger charge is -2.31. The first kappa shape index (κ1) is 23.3. The molecule has 1 aromatic carbocycles.